The largest absolute Gasteiger partial charge is 0.430 e. The van der Waals surface area contributed by atoms with Gasteiger partial charge in [0.25, 0.3) is 0 Å². The molecule has 7 nitrogen and oxygen atoms in total. The number of hydrogen-bond donors (Lipinski definition) is 1. The van der Waals surface area contributed by atoms with Crippen molar-refractivity contribution < 1.29 is 22.7 Å². The molecule has 0 saturated carbocycles. The number of alkyl halides is 3. The van der Waals surface area contributed by atoms with E-state index in [4.69, 9.17) is 11.1 Å². The lowest BCUT2D eigenvalue weighted by Gasteiger charge is -2.25. The molecule has 0 aliphatic carbocycles. The molecule has 0 fully saturated rings. The summed E-state index contributed by atoms with van der Waals surface area (Å²) in [6.07, 6.45) is -5.69. The molecule has 0 unspecified atom stereocenters. The highest BCUT2D eigenvalue weighted by atomic mass is 19.4. The molecule has 1 aromatic rings. The van der Waals surface area contributed by atoms with Crippen molar-refractivity contribution in [1.82, 2.24) is 15.0 Å². The number of carbonyl (C=O) groups excluding carboxylic acids is 1. The molecule has 1 amide bonds. The van der Waals surface area contributed by atoms with Crippen LogP contribution in [0.1, 0.15) is 32.2 Å². The molecule has 1 heterocycles. The van der Waals surface area contributed by atoms with E-state index in [1.165, 1.54) is 6.07 Å². The highest BCUT2D eigenvalue weighted by molar-refractivity contribution is 5.70. The van der Waals surface area contributed by atoms with Gasteiger partial charge in [-0.25, -0.2) is 20.6 Å². The number of rotatable bonds is 2. The molecule has 1 rings (SSSR count). The zero-order chi connectivity index (χ0) is 17.1. The summed E-state index contributed by atoms with van der Waals surface area (Å²) >= 11 is 0. The number of carbonyl (C=O) groups is 1. The predicted molar refractivity (Wildman–Crippen MR) is 68.1 cm³/mol. The average Bonchev–Trinajstić information content (AvgIpc) is 2.35. The molecule has 2 N–H and O–H groups in total. The van der Waals surface area contributed by atoms with Crippen molar-refractivity contribution in [3.63, 3.8) is 0 Å². The first-order chi connectivity index (χ1) is 9.94. The van der Waals surface area contributed by atoms with Gasteiger partial charge in [0.15, 0.2) is 0 Å². The SMILES string of the molecule is CC(C)(C)CN(N)C(=O)Oc1nc(C#N)ncc1C(F)(F)F. The number of hydrazine groups is 1. The average molecular weight is 317 g/mol. The third-order valence-corrected chi connectivity index (χ3v) is 2.22. The first-order valence-electron chi connectivity index (χ1n) is 6.02. The summed E-state index contributed by atoms with van der Waals surface area (Å²) in [6, 6.07) is 1.46. The minimum atomic E-state index is -4.84. The van der Waals surface area contributed by atoms with Gasteiger partial charge in [0.05, 0.1) is 0 Å². The lowest BCUT2D eigenvalue weighted by atomic mass is 9.97. The summed E-state index contributed by atoms with van der Waals surface area (Å²) in [5.41, 5.74) is -1.76. The number of halogens is 3. The summed E-state index contributed by atoms with van der Waals surface area (Å²) < 4.78 is 43.0. The van der Waals surface area contributed by atoms with Crippen molar-refractivity contribution in [1.29, 1.82) is 5.26 Å². The van der Waals surface area contributed by atoms with Crippen LogP contribution >= 0.6 is 0 Å². The van der Waals surface area contributed by atoms with Crippen LogP contribution in [0.25, 0.3) is 0 Å². The van der Waals surface area contributed by atoms with Crippen molar-refractivity contribution in [2.75, 3.05) is 6.54 Å². The van der Waals surface area contributed by atoms with Crippen LogP contribution in [0.5, 0.6) is 5.88 Å². The number of nitrogens with zero attached hydrogens (tertiary/aromatic N) is 4. The molecule has 0 bridgehead atoms. The summed E-state index contributed by atoms with van der Waals surface area (Å²) in [7, 11) is 0. The third kappa shape index (κ3) is 4.85. The van der Waals surface area contributed by atoms with Crippen LogP contribution in [0.15, 0.2) is 6.20 Å². The Morgan fingerprint density at radius 3 is 2.50 bits per heavy atom. The molecule has 0 aliphatic rings. The fourth-order valence-electron chi connectivity index (χ4n) is 1.41. The number of hydrogen-bond acceptors (Lipinski definition) is 6. The number of nitrogens with two attached hydrogens (primary N) is 1. The summed E-state index contributed by atoms with van der Waals surface area (Å²) in [4.78, 5) is 18.2. The predicted octanol–water partition coefficient (Wildman–Crippen LogP) is 2.09. The molecular weight excluding hydrogens is 303 g/mol. The van der Waals surface area contributed by atoms with Gasteiger partial charge >= 0.3 is 12.3 Å². The van der Waals surface area contributed by atoms with Gasteiger partial charge in [-0.2, -0.15) is 23.4 Å². The van der Waals surface area contributed by atoms with E-state index in [1.807, 2.05) is 0 Å². The summed E-state index contributed by atoms with van der Waals surface area (Å²) in [5.74, 6) is 3.83. The molecule has 10 heteroatoms. The maximum Gasteiger partial charge on any atom is 0.430 e. The van der Waals surface area contributed by atoms with Crippen molar-refractivity contribution in [3.05, 3.63) is 17.6 Å². The van der Waals surface area contributed by atoms with Crippen LogP contribution in [-0.4, -0.2) is 27.6 Å². The second-order valence-corrected chi connectivity index (χ2v) is 5.58. The van der Waals surface area contributed by atoms with Gasteiger partial charge in [0.1, 0.15) is 11.6 Å². The maximum atomic E-state index is 12.8. The Labute approximate surface area is 124 Å². The lowest BCUT2D eigenvalue weighted by Crippen LogP contribution is -2.44. The molecule has 0 saturated heterocycles. The van der Waals surface area contributed by atoms with Crippen LogP contribution < -0.4 is 10.6 Å². The first-order valence-corrected chi connectivity index (χ1v) is 6.02. The Kier molecular flexibility index (Phi) is 4.93. The fourth-order valence-corrected chi connectivity index (χ4v) is 1.41. The Hall–Kier alpha value is -2.41. The zero-order valence-corrected chi connectivity index (χ0v) is 12.1. The van der Waals surface area contributed by atoms with Crippen LogP contribution in [-0.2, 0) is 6.18 Å². The van der Waals surface area contributed by atoms with Gasteiger partial charge in [0, 0.05) is 12.7 Å². The van der Waals surface area contributed by atoms with Gasteiger partial charge in [0.2, 0.25) is 11.7 Å². The van der Waals surface area contributed by atoms with Crippen molar-refractivity contribution in [3.8, 4) is 11.9 Å². The molecule has 0 spiro atoms. The number of nitriles is 1. The van der Waals surface area contributed by atoms with Crippen LogP contribution in [0, 0.1) is 16.7 Å². The van der Waals surface area contributed by atoms with E-state index in [0.29, 0.717) is 11.2 Å². The van der Waals surface area contributed by atoms with Gasteiger partial charge in [-0.05, 0) is 5.41 Å². The van der Waals surface area contributed by atoms with E-state index < -0.39 is 29.5 Å². The first kappa shape index (κ1) is 17.6. The van der Waals surface area contributed by atoms with Gasteiger partial charge in [-0.1, -0.05) is 20.8 Å². The molecule has 0 aromatic carbocycles. The Bertz CT molecular complexity index is 604. The van der Waals surface area contributed by atoms with E-state index in [2.05, 4.69) is 14.7 Å². The molecule has 0 radical (unpaired) electrons. The molecule has 0 atom stereocenters. The Balaban J connectivity index is 3.06. The Morgan fingerprint density at radius 2 is 2.05 bits per heavy atom. The summed E-state index contributed by atoms with van der Waals surface area (Å²) in [5, 5.41) is 9.25. The van der Waals surface area contributed by atoms with Gasteiger partial charge in [-0.15, -0.1) is 0 Å². The Morgan fingerprint density at radius 1 is 1.45 bits per heavy atom. The zero-order valence-electron chi connectivity index (χ0n) is 12.1. The van der Waals surface area contributed by atoms with E-state index in [9.17, 15) is 18.0 Å². The minimum Gasteiger partial charge on any atom is -0.389 e. The second-order valence-electron chi connectivity index (χ2n) is 5.58. The quantitative estimate of drug-likeness (QED) is 0.508. The van der Waals surface area contributed by atoms with Crippen LogP contribution in [0.2, 0.25) is 0 Å². The highest BCUT2D eigenvalue weighted by Gasteiger charge is 2.37. The van der Waals surface area contributed by atoms with E-state index in [-0.39, 0.29) is 12.0 Å². The monoisotopic (exact) mass is 317 g/mol. The lowest BCUT2D eigenvalue weighted by molar-refractivity contribution is -0.139. The van der Waals surface area contributed by atoms with Crippen molar-refractivity contribution >= 4 is 6.09 Å². The molecule has 120 valence electrons. The van der Waals surface area contributed by atoms with E-state index in [1.54, 1.807) is 20.8 Å². The standard InChI is InChI=1S/C12H14F3N5O2/c1-11(2,3)6-20(17)10(21)22-9-7(12(13,14)15)5-18-8(4-16)19-9/h5H,6,17H2,1-3H3. The molecule has 1 aromatic heterocycles. The molecular formula is C12H14F3N5O2. The van der Waals surface area contributed by atoms with Gasteiger partial charge in [-0.3, -0.25) is 0 Å². The van der Waals surface area contributed by atoms with Crippen LogP contribution in [0.4, 0.5) is 18.0 Å². The van der Waals surface area contributed by atoms with E-state index >= 15 is 0 Å². The maximum absolute atomic E-state index is 12.8. The number of amides is 1. The van der Waals surface area contributed by atoms with Gasteiger partial charge < -0.3 is 4.74 Å². The third-order valence-electron chi connectivity index (χ3n) is 2.22. The van der Waals surface area contributed by atoms with E-state index in [0.717, 1.165) is 0 Å². The highest BCUT2D eigenvalue weighted by Crippen LogP contribution is 2.34. The smallest absolute Gasteiger partial charge is 0.389 e. The van der Waals surface area contributed by atoms with Crippen molar-refractivity contribution in [2.24, 2.45) is 11.3 Å². The number of ether oxygens (including phenoxy) is 1. The number of aromatic nitrogens is 2. The summed E-state index contributed by atoms with van der Waals surface area (Å²) in [6.45, 7) is 5.38. The normalized spacial score (nSPS) is 11.7. The molecule has 0 aliphatic heterocycles. The van der Waals surface area contributed by atoms with Crippen LogP contribution in [0.3, 0.4) is 0 Å². The minimum absolute atomic E-state index is 0.0450. The van der Waals surface area contributed by atoms with Crippen molar-refractivity contribution in [2.45, 2.75) is 26.9 Å². The molecule has 22 heavy (non-hydrogen) atoms. The topological polar surface area (TPSA) is 105 Å². The second kappa shape index (κ2) is 6.15. The fraction of sp³-hybridized carbons (Fsp3) is 0.500.